The molecule has 2 heterocycles. The normalized spacial score (nSPS) is 48.2. The summed E-state index contributed by atoms with van der Waals surface area (Å²) in [5.41, 5.74) is 0. The Balaban J connectivity index is 2.06. The number of fused-ring (bicyclic) bond motifs is 1. The van der Waals surface area contributed by atoms with Gasteiger partial charge in [-0.2, -0.15) is 0 Å². The Hall–Kier alpha value is -0.230. The topological polar surface area (TPSA) is 39.8 Å². The second kappa shape index (κ2) is 2.92. The van der Waals surface area contributed by atoms with Crippen LogP contribution in [0.3, 0.4) is 0 Å². The Morgan fingerprint density at radius 1 is 1.67 bits per heavy atom. The molecule has 0 radical (unpaired) electrons. The molecule has 4 nitrogen and oxygen atoms in total. The lowest BCUT2D eigenvalue weighted by Gasteiger charge is -2.26. The molecule has 2 aliphatic rings. The molecule has 0 aromatic heterocycles. The number of nitrogens with zero attached hydrogens (tertiary/aromatic N) is 1. The minimum atomic E-state index is -0.878. The van der Waals surface area contributed by atoms with Gasteiger partial charge in [-0.15, -0.1) is 0 Å². The Labute approximate surface area is 71.1 Å². The SMILES string of the molecule is CNC1C(F)CNC2OC2N1C. The van der Waals surface area contributed by atoms with Gasteiger partial charge in [-0.25, -0.2) is 4.39 Å². The van der Waals surface area contributed by atoms with Crippen LogP contribution in [0.15, 0.2) is 0 Å². The van der Waals surface area contributed by atoms with E-state index < -0.39 is 6.17 Å². The zero-order chi connectivity index (χ0) is 8.72. The van der Waals surface area contributed by atoms with E-state index in [1.54, 1.807) is 7.05 Å². The summed E-state index contributed by atoms with van der Waals surface area (Å²) in [4.78, 5) is 1.88. The Morgan fingerprint density at radius 3 is 3.08 bits per heavy atom. The third-order valence-corrected chi connectivity index (χ3v) is 2.46. The zero-order valence-corrected chi connectivity index (χ0v) is 7.25. The smallest absolute Gasteiger partial charge is 0.154 e. The maximum atomic E-state index is 13.3. The number of hydrogen-bond donors (Lipinski definition) is 2. The van der Waals surface area contributed by atoms with Gasteiger partial charge in [-0.3, -0.25) is 10.2 Å². The second-order valence-electron chi connectivity index (χ2n) is 3.27. The number of rotatable bonds is 1. The fourth-order valence-corrected chi connectivity index (χ4v) is 1.70. The van der Waals surface area contributed by atoms with Gasteiger partial charge >= 0.3 is 0 Å². The van der Waals surface area contributed by atoms with E-state index in [-0.39, 0.29) is 18.6 Å². The molecule has 2 fully saturated rings. The van der Waals surface area contributed by atoms with Gasteiger partial charge in [-0.05, 0) is 14.1 Å². The standard InChI is InChI=1S/C7H14FN3O/c1-9-5-4(8)3-10-6-7(12-6)11(5)2/h4-7,9-10H,3H2,1-2H3. The van der Waals surface area contributed by atoms with E-state index in [0.29, 0.717) is 6.54 Å². The zero-order valence-electron chi connectivity index (χ0n) is 7.25. The van der Waals surface area contributed by atoms with E-state index in [1.165, 1.54) is 0 Å². The van der Waals surface area contributed by atoms with Gasteiger partial charge in [0.25, 0.3) is 0 Å². The summed E-state index contributed by atoms with van der Waals surface area (Å²) in [6.45, 7) is 0.358. The van der Waals surface area contributed by atoms with Crippen molar-refractivity contribution in [3.05, 3.63) is 0 Å². The molecule has 2 aliphatic heterocycles. The highest BCUT2D eigenvalue weighted by Crippen LogP contribution is 2.27. The predicted molar refractivity (Wildman–Crippen MR) is 42.2 cm³/mol. The van der Waals surface area contributed by atoms with E-state index in [2.05, 4.69) is 10.6 Å². The highest BCUT2D eigenvalue weighted by atomic mass is 19.1. The first-order chi connectivity index (χ1) is 5.74. The van der Waals surface area contributed by atoms with Crippen molar-refractivity contribution >= 4 is 0 Å². The van der Waals surface area contributed by atoms with Crippen molar-refractivity contribution in [1.29, 1.82) is 0 Å². The highest BCUT2D eigenvalue weighted by Gasteiger charge is 2.48. The van der Waals surface area contributed by atoms with Crippen LogP contribution in [0, 0.1) is 0 Å². The molecule has 0 amide bonds. The van der Waals surface area contributed by atoms with Crippen LogP contribution in [0.25, 0.3) is 0 Å². The van der Waals surface area contributed by atoms with E-state index in [1.807, 2.05) is 11.9 Å². The van der Waals surface area contributed by atoms with Crippen molar-refractivity contribution in [2.24, 2.45) is 0 Å². The molecule has 0 aromatic rings. The molecule has 4 atom stereocenters. The van der Waals surface area contributed by atoms with Gasteiger partial charge in [0.2, 0.25) is 0 Å². The third-order valence-electron chi connectivity index (χ3n) is 2.46. The molecule has 2 saturated heterocycles. The molecule has 70 valence electrons. The van der Waals surface area contributed by atoms with Crippen molar-refractivity contribution in [1.82, 2.24) is 15.5 Å². The average Bonchev–Trinajstić information content (AvgIpc) is 2.79. The summed E-state index contributed by atoms with van der Waals surface area (Å²) in [6, 6.07) is 0. The van der Waals surface area contributed by atoms with Gasteiger partial charge in [-0.1, -0.05) is 0 Å². The number of nitrogens with one attached hydrogen (secondary N) is 2. The van der Waals surface area contributed by atoms with E-state index in [4.69, 9.17) is 4.74 Å². The maximum Gasteiger partial charge on any atom is 0.154 e. The summed E-state index contributed by atoms with van der Waals surface area (Å²) in [5.74, 6) is 0. The van der Waals surface area contributed by atoms with E-state index >= 15 is 0 Å². The Kier molecular flexibility index (Phi) is 2.04. The number of hydrogen-bond acceptors (Lipinski definition) is 4. The Morgan fingerprint density at radius 2 is 2.42 bits per heavy atom. The molecule has 4 unspecified atom stereocenters. The van der Waals surface area contributed by atoms with Crippen molar-refractivity contribution in [3.8, 4) is 0 Å². The van der Waals surface area contributed by atoms with Gasteiger partial charge in [0.05, 0.1) is 6.17 Å². The summed E-state index contributed by atoms with van der Waals surface area (Å²) in [6.07, 6.45) is -1.04. The molecule has 0 aromatic carbocycles. The maximum absolute atomic E-state index is 13.3. The summed E-state index contributed by atoms with van der Waals surface area (Å²) in [5, 5.41) is 5.92. The molecule has 0 bridgehead atoms. The van der Waals surface area contributed by atoms with Gasteiger partial charge in [0.1, 0.15) is 6.17 Å². The lowest BCUT2D eigenvalue weighted by molar-refractivity contribution is 0.0717. The fraction of sp³-hybridized carbons (Fsp3) is 1.00. The molecular weight excluding hydrogens is 161 g/mol. The van der Waals surface area contributed by atoms with E-state index in [0.717, 1.165) is 0 Å². The fourth-order valence-electron chi connectivity index (χ4n) is 1.70. The summed E-state index contributed by atoms with van der Waals surface area (Å²) < 4.78 is 18.6. The average molecular weight is 175 g/mol. The predicted octanol–water partition coefficient (Wildman–Crippen LogP) is -0.913. The van der Waals surface area contributed by atoms with Crippen LogP contribution < -0.4 is 10.6 Å². The van der Waals surface area contributed by atoms with Crippen molar-refractivity contribution in [2.75, 3.05) is 20.6 Å². The van der Waals surface area contributed by atoms with Crippen LogP contribution in [0.5, 0.6) is 0 Å². The lowest BCUT2D eigenvalue weighted by atomic mass is 10.3. The van der Waals surface area contributed by atoms with Gasteiger partial charge in [0.15, 0.2) is 12.5 Å². The third kappa shape index (κ3) is 1.22. The van der Waals surface area contributed by atoms with Crippen LogP contribution in [0.4, 0.5) is 4.39 Å². The molecule has 2 rings (SSSR count). The highest BCUT2D eigenvalue weighted by molar-refractivity contribution is 4.92. The van der Waals surface area contributed by atoms with E-state index in [9.17, 15) is 4.39 Å². The molecule has 0 aliphatic carbocycles. The molecule has 12 heavy (non-hydrogen) atoms. The molecule has 0 saturated carbocycles. The molecular formula is C7H14FN3O. The quantitative estimate of drug-likeness (QED) is 0.506. The number of alkyl halides is 1. The van der Waals surface area contributed by atoms with Gasteiger partial charge in [0, 0.05) is 6.54 Å². The molecule has 5 heteroatoms. The summed E-state index contributed by atoms with van der Waals surface area (Å²) >= 11 is 0. The van der Waals surface area contributed by atoms with Crippen molar-refractivity contribution in [2.45, 2.75) is 24.8 Å². The second-order valence-corrected chi connectivity index (χ2v) is 3.27. The largest absolute Gasteiger partial charge is 0.337 e. The molecule has 0 spiro atoms. The monoisotopic (exact) mass is 175 g/mol. The minimum absolute atomic E-state index is 0.0339. The molecule has 2 N–H and O–H groups in total. The van der Waals surface area contributed by atoms with Crippen LogP contribution in [-0.2, 0) is 4.74 Å². The first-order valence-electron chi connectivity index (χ1n) is 4.16. The van der Waals surface area contributed by atoms with Crippen molar-refractivity contribution < 1.29 is 9.13 Å². The Bertz CT molecular complexity index is 180. The number of halogens is 1. The minimum Gasteiger partial charge on any atom is -0.337 e. The van der Waals surface area contributed by atoms with Crippen LogP contribution in [0.2, 0.25) is 0 Å². The van der Waals surface area contributed by atoms with Crippen LogP contribution >= 0.6 is 0 Å². The van der Waals surface area contributed by atoms with Gasteiger partial charge < -0.3 is 10.1 Å². The first-order valence-corrected chi connectivity index (χ1v) is 4.16. The van der Waals surface area contributed by atoms with Crippen LogP contribution in [0.1, 0.15) is 0 Å². The lowest BCUT2D eigenvalue weighted by Crippen LogP contribution is -2.50. The number of likely N-dealkylation sites (N-methyl/N-ethyl adjacent to an activating group) is 1. The number of epoxide rings is 1. The van der Waals surface area contributed by atoms with Crippen LogP contribution in [-0.4, -0.2) is 50.3 Å². The first kappa shape index (κ1) is 8.37. The summed E-state index contributed by atoms with van der Waals surface area (Å²) in [7, 11) is 3.63. The number of ether oxygens (including phenoxy) is 1. The van der Waals surface area contributed by atoms with Crippen molar-refractivity contribution in [3.63, 3.8) is 0 Å².